The van der Waals surface area contributed by atoms with Gasteiger partial charge in [-0.15, -0.1) is 0 Å². The van der Waals surface area contributed by atoms with Crippen LogP contribution >= 0.6 is 0 Å². The van der Waals surface area contributed by atoms with Gasteiger partial charge >= 0.3 is 12.1 Å². The molecule has 0 radical (unpaired) electrons. The Labute approximate surface area is 110 Å². The van der Waals surface area contributed by atoms with Crippen LogP contribution in [0.4, 0.5) is 4.79 Å². The Morgan fingerprint density at radius 3 is 2.84 bits per heavy atom. The second-order valence-electron chi connectivity index (χ2n) is 4.11. The number of benzene rings is 1. The number of esters is 1. The van der Waals surface area contributed by atoms with E-state index in [1.54, 1.807) is 0 Å². The van der Waals surface area contributed by atoms with E-state index in [2.05, 4.69) is 5.32 Å². The molecular weight excluding hydrogens is 250 g/mol. The molecule has 6 nitrogen and oxygen atoms in total. The summed E-state index contributed by atoms with van der Waals surface area (Å²) in [6.45, 7) is 0.172. The minimum atomic E-state index is -0.753. The highest BCUT2D eigenvalue weighted by Gasteiger charge is 2.36. The van der Waals surface area contributed by atoms with Crippen LogP contribution < -0.4 is 5.32 Å². The van der Waals surface area contributed by atoms with Crippen LogP contribution in [0.1, 0.15) is 12.0 Å². The zero-order chi connectivity index (χ0) is 13.7. The SMILES string of the molecule is CO[C@@H]1OC(=O)C[C@H]1NC(=O)OCc1ccccc1. The quantitative estimate of drug-likeness (QED) is 0.828. The number of carbonyl (C=O) groups is 2. The van der Waals surface area contributed by atoms with Crippen molar-refractivity contribution in [3.63, 3.8) is 0 Å². The van der Waals surface area contributed by atoms with Gasteiger partial charge in [-0.1, -0.05) is 30.3 Å². The molecule has 1 fully saturated rings. The first-order chi connectivity index (χ1) is 9.19. The van der Waals surface area contributed by atoms with Gasteiger partial charge < -0.3 is 19.5 Å². The van der Waals surface area contributed by atoms with Gasteiger partial charge in [-0.25, -0.2) is 4.79 Å². The molecule has 0 bridgehead atoms. The van der Waals surface area contributed by atoms with Crippen LogP contribution in [0.25, 0.3) is 0 Å². The summed E-state index contributed by atoms with van der Waals surface area (Å²) in [4.78, 5) is 22.7. The standard InChI is InChI=1S/C13H15NO5/c1-17-12-10(7-11(15)19-12)14-13(16)18-8-9-5-3-2-4-6-9/h2-6,10,12H,7-8H2,1H3,(H,14,16)/t10-,12-/m1/s1. The second-order valence-corrected chi connectivity index (χ2v) is 4.11. The van der Waals surface area contributed by atoms with Crippen molar-refractivity contribution in [2.45, 2.75) is 25.4 Å². The minimum absolute atomic E-state index is 0.0823. The lowest BCUT2D eigenvalue weighted by Crippen LogP contribution is -2.41. The van der Waals surface area contributed by atoms with Gasteiger partial charge in [0.2, 0.25) is 6.29 Å². The van der Waals surface area contributed by atoms with E-state index in [1.807, 2.05) is 30.3 Å². The third kappa shape index (κ3) is 3.69. The fraction of sp³-hybridized carbons (Fsp3) is 0.385. The van der Waals surface area contributed by atoms with E-state index < -0.39 is 24.4 Å². The lowest BCUT2D eigenvalue weighted by Gasteiger charge is -2.16. The van der Waals surface area contributed by atoms with Crippen LogP contribution in [0.5, 0.6) is 0 Å². The van der Waals surface area contributed by atoms with Gasteiger partial charge in [-0.3, -0.25) is 4.79 Å². The fourth-order valence-corrected chi connectivity index (χ4v) is 1.78. The molecule has 0 saturated carbocycles. The molecule has 1 aromatic rings. The Balaban J connectivity index is 1.80. The highest BCUT2D eigenvalue weighted by atomic mass is 16.7. The fourth-order valence-electron chi connectivity index (χ4n) is 1.78. The molecule has 1 saturated heterocycles. The van der Waals surface area contributed by atoms with Gasteiger partial charge in [0.05, 0.1) is 6.42 Å². The Morgan fingerprint density at radius 1 is 1.42 bits per heavy atom. The van der Waals surface area contributed by atoms with Crippen molar-refractivity contribution in [2.75, 3.05) is 7.11 Å². The summed E-state index contributed by atoms with van der Waals surface area (Å²) in [5.74, 6) is -0.403. The summed E-state index contributed by atoms with van der Waals surface area (Å²) < 4.78 is 14.8. The third-order valence-corrected chi connectivity index (χ3v) is 2.71. The predicted octanol–water partition coefficient (Wildman–Crippen LogP) is 1.20. The first-order valence-corrected chi connectivity index (χ1v) is 5.88. The molecule has 1 aliphatic heterocycles. The van der Waals surface area contributed by atoms with Crippen LogP contribution in [-0.4, -0.2) is 31.5 Å². The van der Waals surface area contributed by atoms with Crippen molar-refractivity contribution < 1.29 is 23.8 Å². The molecule has 102 valence electrons. The summed E-state index contributed by atoms with van der Waals surface area (Å²) in [7, 11) is 1.41. The number of nitrogens with one attached hydrogen (secondary N) is 1. The number of alkyl carbamates (subject to hydrolysis) is 1. The number of hydrogen-bond acceptors (Lipinski definition) is 5. The first kappa shape index (κ1) is 13.4. The minimum Gasteiger partial charge on any atom is -0.445 e. The van der Waals surface area contributed by atoms with Crippen LogP contribution in [0.15, 0.2) is 30.3 Å². The van der Waals surface area contributed by atoms with Crippen LogP contribution in [0.2, 0.25) is 0 Å². The van der Waals surface area contributed by atoms with Gasteiger partial charge in [0.15, 0.2) is 0 Å². The van der Waals surface area contributed by atoms with E-state index in [4.69, 9.17) is 14.2 Å². The molecular formula is C13H15NO5. The average molecular weight is 265 g/mol. The highest BCUT2D eigenvalue weighted by molar-refractivity contribution is 5.75. The monoisotopic (exact) mass is 265 g/mol. The van der Waals surface area contributed by atoms with Crippen LogP contribution in [-0.2, 0) is 25.6 Å². The second kappa shape index (κ2) is 6.19. The smallest absolute Gasteiger partial charge is 0.407 e. The summed E-state index contributed by atoms with van der Waals surface area (Å²) >= 11 is 0. The largest absolute Gasteiger partial charge is 0.445 e. The van der Waals surface area contributed by atoms with Crippen molar-refractivity contribution >= 4 is 12.1 Å². The number of hydrogen-bond donors (Lipinski definition) is 1. The molecule has 1 amide bonds. The number of cyclic esters (lactones) is 1. The van der Waals surface area contributed by atoms with E-state index in [-0.39, 0.29) is 13.0 Å². The average Bonchev–Trinajstić information content (AvgIpc) is 2.77. The van der Waals surface area contributed by atoms with Crippen molar-refractivity contribution in [3.05, 3.63) is 35.9 Å². The maximum Gasteiger partial charge on any atom is 0.407 e. The van der Waals surface area contributed by atoms with Crippen molar-refractivity contribution in [2.24, 2.45) is 0 Å². The maximum absolute atomic E-state index is 11.6. The summed E-state index contributed by atoms with van der Waals surface area (Å²) in [6, 6.07) is 8.80. The van der Waals surface area contributed by atoms with Gasteiger partial charge in [-0.05, 0) is 5.56 Å². The topological polar surface area (TPSA) is 73.9 Å². The molecule has 1 aliphatic rings. The molecule has 1 aromatic carbocycles. The molecule has 2 atom stereocenters. The predicted molar refractivity (Wildman–Crippen MR) is 65.1 cm³/mol. The molecule has 1 N–H and O–H groups in total. The van der Waals surface area contributed by atoms with Crippen molar-refractivity contribution in [3.8, 4) is 0 Å². The van der Waals surface area contributed by atoms with E-state index in [1.165, 1.54) is 7.11 Å². The molecule has 0 unspecified atom stereocenters. The van der Waals surface area contributed by atoms with Crippen molar-refractivity contribution in [1.82, 2.24) is 5.32 Å². The molecule has 0 aromatic heterocycles. The van der Waals surface area contributed by atoms with E-state index in [0.29, 0.717) is 0 Å². The molecule has 2 rings (SSSR count). The Bertz CT molecular complexity index is 448. The first-order valence-electron chi connectivity index (χ1n) is 5.88. The summed E-state index contributed by atoms with van der Waals surface area (Å²) in [5, 5.41) is 2.55. The van der Waals surface area contributed by atoms with Gasteiger partial charge in [-0.2, -0.15) is 0 Å². The Morgan fingerprint density at radius 2 is 2.16 bits per heavy atom. The molecule has 0 spiro atoms. The Kier molecular flexibility index (Phi) is 4.35. The third-order valence-electron chi connectivity index (χ3n) is 2.71. The number of carbonyl (C=O) groups excluding carboxylic acids is 2. The van der Waals surface area contributed by atoms with E-state index in [0.717, 1.165) is 5.56 Å². The highest BCUT2D eigenvalue weighted by Crippen LogP contribution is 2.15. The molecule has 6 heteroatoms. The van der Waals surface area contributed by atoms with Crippen LogP contribution in [0.3, 0.4) is 0 Å². The summed E-state index contributed by atoms with van der Waals surface area (Å²) in [5.41, 5.74) is 0.889. The normalized spacial score (nSPS) is 21.8. The maximum atomic E-state index is 11.6. The summed E-state index contributed by atoms with van der Waals surface area (Å²) in [6.07, 6.45) is -1.27. The number of rotatable bonds is 4. The van der Waals surface area contributed by atoms with Crippen LogP contribution in [0, 0.1) is 0 Å². The lowest BCUT2D eigenvalue weighted by molar-refractivity contribution is -0.159. The molecule has 0 aliphatic carbocycles. The van der Waals surface area contributed by atoms with E-state index >= 15 is 0 Å². The van der Waals surface area contributed by atoms with Gasteiger partial charge in [0.25, 0.3) is 0 Å². The number of ether oxygens (including phenoxy) is 3. The van der Waals surface area contributed by atoms with Gasteiger partial charge in [0, 0.05) is 7.11 Å². The number of amides is 1. The van der Waals surface area contributed by atoms with Gasteiger partial charge in [0.1, 0.15) is 12.6 Å². The molecule has 1 heterocycles. The zero-order valence-corrected chi connectivity index (χ0v) is 10.5. The van der Waals surface area contributed by atoms with Crippen molar-refractivity contribution in [1.29, 1.82) is 0 Å². The Hall–Kier alpha value is -2.08. The zero-order valence-electron chi connectivity index (χ0n) is 10.5. The lowest BCUT2D eigenvalue weighted by atomic mass is 10.2. The van der Waals surface area contributed by atoms with E-state index in [9.17, 15) is 9.59 Å². The molecule has 19 heavy (non-hydrogen) atoms. The number of methoxy groups -OCH3 is 1.